The number of hydrogen-bond acceptors (Lipinski definition) is 3. The molecule has 3 rings (SSSR count). The second-order valence-corrected chi connectivity index (χ2v) is 4.15. The van der Waals surface area contributed by atoms with E-state index in [-0.39, 0.29) is 16.7 Å². The number of nitrogen functional groups attached to an aromatic ring is 1. The van der Waals surface area contributed by atoms with Crippen molar-refractivity contribution in [1.82, 2.24) is 14.5 Å². The Balaban J connectivity index is 2.42. The zero-order chi connectivity index (χ0) is 12.7. The third-order valence-electron chi connectivity index (χ3n) is 2.64. The molecule has 0 aliphatic heterocycles. The monoisotopic (exact) mass is 262 g/mol. The van der Waals surface area contributed by atoms with Crippen LogP contribution in [0.5, 0.6) is 0 Å². The van der Waals surface area contributed by atoms with E-state index in [2.05, 4.69) is 9.97 Å². The SMILES string of the molecule is Nc1nc2cnccc2n1-c1c(F)cccc1Cl. The topological polar surface area (TPSA) is 56.7 Å². The highest BCUT2D eigenvalue weighted by molar-refractivity contribution is 6.32. The van der Waals surface area contributed by atoms with Crippen LogP contribution in [0.25, 0.3) is 16.7 Å². The highest BCUT2D eigenvalue weighted by atomic mass is 35.5. The number of benzene rings is 1. The first-order valence-electron chi connectivity index (χ1n) is 5.21. The molecule has 0 fully saturated rings. The summed E-state index contributed by atoms with van der Waals surface area (Å²) in [5.41, 5.74) is 7.27. The van der Waals surface area contributed by atoms with Gasteiger partial charge in [-0.15, -0.1) is 0 Å². The predicted molar refractivity (Wildman–Crippen MR) is 68.2 cm³/mol. The lowest BCUT2D eigenvalue weighted by Crippen LogP contribution is -2.03. The first kappa shape index (κ1) is 11.0. The average Bonchev–Trinajstić information content (AvgIpc) is 2.66. The Kier molecular flexibility index (Phi) is 2.41. The van der Waals surface area contributed by atoms with Crippen LogP contribution in [0.1, 0.15) is 0 Å². The van der Waals surface area contributed by atoms with Gasteiger partial charge >= 0.3 is 0 Å². The number of aromatic nitrogens is 3. The molecule has 0 amide bonds. The number of rotatable bonds is 1. The van der Waals surface area contributed by atoms with Gasteiger partial charge in [-0.1, -0.05) is 17.7 Å². The molecule has 0 atom stereocenters. The van der Waals surface area contributed by atoms with Crippen molar-refractivity contribution in [2.24, 2.45) is 0 Å². The van der Waals surface area contributed by atoms with Crippen molar-refractivity contribution < 1.29 is 4.39 Å². The Morgan fingerprint density at radius 3 is 2.89 bits per heavy atom. The molecule has 2 aromatic heterocycles. The standard InChI is InChI=1S/C12H8ClFN4/c13-7-2-1-3-8(14)11(7)18-10-4-5-16-6-9(10)17-12(18)15/h1-6H,(H2,15,17). The maximum Gasteiger partial charge on any atom is 0.206 e. The minimum absolute atomic E-state index is 0.171. The van der Waals surface area contributed by atoms with Crippen molar-refractivity contribution in [3.05, 3.63) is 47.5 Å². The molecule has 3 aromatic rings. The van der Waals surface area contributed by atoms with Crippen molar-refractivity contribution >= 4 is 28.6 Å². The fourth-order valence-electron chi connectivity index (χ4n) is 1.89. The van der Waals surface area contributed by atoms with E-state index in [1.54, 1.807) is 24.5 Å². The molecule has 4 nitrogen and oxygen atoms in total. The number of para-hydroxylation sites is 1. The minimum atomic E-state index is -0.453. The zero-order valence-electron chi connectivity index (χ0n) is 9.14. The Labute approximate surface area is 107 Å². The maximum absolute atomic E-state index is 13.9. The Morgan fingerprint density at radius 2 is 2.11 bits per heavy atom. The molecule has 2 N–H and O–H groups in total. The summed E-state index contributed by atoms with van der Waals surface area (Å²) in [5, 5.41) is 0.276. The molecule has 90 valence electrons. The van der Waals surface area contributed by atoms with Gasteiger partial charge in [-0.25, -0.2) is 9.37 Å². The van der Waals surface area contributed by atoms with Crippen molar-refractivity contribution in [2.45, 2.75) is 0 Å². The fourth-order valence-corrected chi connectivity index (χ4v) is 2.14. The summed E-state index contributed by atoms with van der Waals surface area (Å²) < 4.78 is 15.4. The molecule has 0 radical (unpaired) electrons. The van der Waals surface area contributed by atoms with Crippen LogP contribution in [0.15, 0.2) is 36.7 Å². The van der Waals surface area contributed by atoms with Crippen molar-refractivity contribution in [2.75, 3.05) is 5.73 Å². The quantitative estimate of drug-likeness (QED) is 0.734. The summed E-state index contributed by atoms with van der Waals surface area (Å²) in [5.74, 6) is -0.282. The van der Waals surface area contributed by atoms with Crippen LogP contribution < -0.4 is 5.73 Å². The molecule has 0 aliphatic rings. The van der Waals surface area contributed by atoms with Gasteiger partial charge in [-0.2, -0.15) is 0 Å². The van der Waals surface area contributed by atoms with Gasteiger partial charge in [0, 0.05) is 6.20 Å². The fraction of sp³-hybridized carbons (Fsp3) is 0. The van der Waals surface area contributed by atoms with Gasteiger partial charge in [-0.05, 0) is 18.2 Å². The van der Waals surface area contributed by atoms with E-state index in [4.69, 9.17) is 17.3 Å². The third-order valence-corrected chi connectivity index (χ3v) is 2.95. The van der Waals surface area contributed by atoms with Crippen LogP contribution >= 0.6 is 11.6 Å². The van der Waals surface area contributed by atoms with E-state index in [1.165, 1.54) is 16.7 Å². The number of pyridine rings is 1. The van der Waals surface area contributed by atoms with Crippen LogP contribution in [-0.4, -0.2) is 14.5 Å². The summed E-state index contributed by atoms with van der Waals surface area (Å²) >= 11 is 6.03. The third kappa shape index (κ3) is 1.52. The van der Waals surface area contributed by atoms with E-state index in [1.807, 2.05) is 0 Å². The van der Waals surface area contributed by atoms with Gasteiger partial charge in [0.2, 0.25) is 5.95 Å². The molecular formula is C12H8ClFN4. The molecule has 6 heteroatoms. The first-order valence-corrected chi connectivity index (χ1v) is 5.58. The molecule has 0 aliphatic carbocycles. The van der Waals surface area contributed by atoms with Gasteiger partial charge in [0.1, 0.15) is 17.0 Å². The van der Waals surface area contributed by atoms with E-state index in [9.17, 15) is 4.39 Å². The lowest BCUT2D eigenvalue weighted by Gasteiger charge is -2.09. The molecule has 1 aromatic carbocycles. The van der Waals surface area contributed by atoms with E-state index < -0.39 is 5.82 Å². The molecule has 0 unspecified atom stereocenters. The number of halogens is 2. The van der Waals surface area contributed by atoms with Gasteiger partial charge in [0.05, 0.1) is 16.7 Å². The van der Waals surface area contributed by atoms with Crippen LogP contribution in [0, 0.1) is 5.82 Å². The molecule has 0 saturated carbocycles. The molecule has 18 heavy (non-hydrogen) atoms. The van der Waals surface area contributed by atoms with Crippen molar-refractivity contribution in [3.8, 4) is 5.69 Å². The second-order valence-electron chi connectivity index (χ2n) is 3.74. The maximum atomic E-state index is 13.9. The Morgan fingerprint density at radius 1 is 1.28 bits per heavy atom. The number of nitrogens with zero attached hydrogens (tertiary/aromatic N) is 3. The highest BCUT2D eigenvalue weighted by Gasteiger charge is 2.16. The van der Waals surface area contributed by atoms with Crippen LogP contribution in [0.4, 0.5) is 10.3 Å². The average molecular weight is 263 g/mol. The lowest BCUT2D eigenvalue weighted by molar-refractivity contribution is 0.620. The van der Waals surface area contributed by atoms with Gasteiger partial charge in [-0.3, -0.25) is 9.55 Å². The largest absolute Gasteiger partial charge is 0.369 e. The van der Waals surface area contributed by atoms with E-state index in [0.29, 0.717) is 11.0 Å². The lowest BCUT2D eigenvalue weighted by atomic mass is 10.3. The molecule has 0 spiro atoms. The summed E-state index contributed by atoms with van der Waals surface area (Å²) in [4.78, 5) is 8.07. The highest BCUT2D eigenvalue weighted by Crippen LogP contribution is 2.29. The molecule has 0 saturated heterocycles. The Bertz CT molecular complexity index is 718. The zero-order valence-corrected chi connectivity index (χ0v) is 9.89. The molecule has 2 heterocycles. The number of fused-ring (bicyclic) bond motifs is 1. The number of imidazole rings is 1. The number of anilines is 1. The van der Waals surface area contributed by atoms with Gasteiger partial charge < -0.3 is 5.73 Å². The summed E-state index contributed by atoms with van der Waals surface area (Å²) in [6, 6.07) is 6.18. The van der Waals surface area contributed by atoms with Crippen LogP contribution in [0.2, 0.25) is 5.02 Å². The smallest absolute Gasteiger partial charge is 0.206 e. The minimum Gasteiger partial charge on any atom is -0.369 e. The van der Waals surface area contributed by atoms with Gasteiger partial charge in [0.25, 0.3) is 0 Å². The van der Waals surface area contributed by atoms with Crippen LogP contribution in [0.3, 0.4) is 0 Å². The molecule has 0 bridgehead atoms. The molecular weight excluding hydrogens is 255 g/mol. The van der Waals surface area contributed by atoms with Crippen molar-refractivity contribution in [3.63, 3.8) is 0 Å². The summed E-state index contributed by atoms with van der Waals surface area (Å²) in [6.45, 7) is 0. The first-order chi connectivity index (χ1) is 8.68. The number of nitrogens with two attached hydrogens (primary N) is 1. The summed E-state index contributed by atoms with van der Waals surface area (Å²) in [6.07, 6.45) is 3.16. The van der Waals surface area contributed by atoms with E-state index in [0.717, 1.165) is 0 Å². The normalized spacial score (nSPS) is 11.0. The van der Waals surface area contributed by atoms with Gasteiger partial charge in [0.15, 0.2) is 0 Å². The summed E-state index contributed by atoms with van der Waals surface area (Å²) in [7, 11) is 0. The number of hydrogen-bond donors (Lipinski definition) is 1. The predicted octanol–water partition coefficient (Wildman–Crippen LogP) is 2.80. The Hall–Kier alpha value is -2.14. The second kappa shape index (κ2) is 3.96. The van der Waals surface area contributed by atoms with Crippen molar-refractivity contribution in [1.29, 1.82) is 0 Å². The van der Waals surface area contributed by atoms with Crippen LogP contribution in [-0.2, 0) is 0 Å². The van der Waals surface area contributed by atoms with E-state index >= 15 is 0 Å².